The third-order valence-corrected chi connectivity index (χ3v) is 4.65. The summed E-state index contributed by atoms with van der Waals surface area (Å²) in [6.07, 6.45) is 6.33. The van der Waals surface area contributed by atoms with Gasteiger partial charge in [0, 0.05) is 32.5 Å². The fourth-order valence-corrected chi connectivity index (χ4v) is 3.29. The number of rotatable bonds is 4. The Kier molecular flexibility index (Phi) is 3.99. The highest BCUT2D eigenvalue weighted by Gasteiger charge is 2.29. The molecule has 1 N–H and O–H groups in total. The Hall–Kier alpha value is -2.13. The van der Waals surface area contributed by atoms with Crippen LogP contribution in [0, 0.1) is 0 Å². The average Bonchev–Trinajstić information content (AvgIpc) is 3.11. The molecule has 1 atom stereocenters. The van der Waals surface area contributed by atoms with Crippen molar-refractivity contribution in [1.82, 2.24) is 23.7 Å². The van der Waals surface area contributed by atoms with Gasteiger partial charge < -0.3 is 14.0 Å². The Morgan fingerprint density at radius 1 is 1.48 bits per heavy atom. The first kappa shape index (κ1) is 15.8. The van der Waals surface area contributed by atoms with Crippen LogP contribution in [0.4, 0.5) is 0 Å². The molecule has 2 aromatic rings. The third-order valence-electron chi connectivity index (χ3n) is 3.95. The highest BCUT2D eigenvalue weighted by Crippen LogP contribution is 2.22. The van der Waals surface area contributed by atoms with Gasteiger partial charge in [0.2, 0.25) is 10.0 Å². The summed E-state index contributed by atoms with van der Waals surface area (Å²) in [6, 6.07) is 3.42. The smallest absolute Gasteiger partial charge is 0.270 e. The molecule has 2 aromatic heterocycles. The number of sulfonamides is 1. The van der Waals surface area contributed by atoms with E-state index in [1.165, 1.54) is 0 Å². The lowest BCUT2D eigenvalue weighted by molar-refractivity contribution is 0.0671. The largest absolute Gasteiger partial charge is 0.347 e. The van der Waals surface area contributed by atoms with E-state index in [2.05, 4.69) is 9.71 Å². The van der Waals surface area contributed by atoms with E-state index in [4.69, 9.17) is 0 Å². The molecule has 1 aliphatic rings. The van der Waals surface area contributed by atoms with Gasteiger partial charge >= 0.3 is 0 Å². The van der Waals surface area contributed by atoms with Crippen molar-refractivity contribution in [2.24, 2.45) is 7.05 Å². The molecular formula is C14H19N5O3S. The van der Waals surface area contributed by atoms with Crippen molar-refractivity contribution in [3.05, 3.63) is 42.2 Å². The highest BCUT2D eigenvalue weighted by molar-refractivity contribution is 7.88. The van der Waals surface area contributed by atoms with E-state index in [0.717, 1.165) is 11.9 Å². The van der Waals surface area contributed by atoms with Crippen molar-refractivity contribution in [3.8, 4) is 0 Å². The van der Waals surface area contributed by atoms with E-state index in [9.17, 15) is 13.2 Å². The van der Waals surface area contributed by atoms with Crippen LogP contribution in [0.2, 0.25) is 0 Å². The summed E-state index contributed by atoms with van der Waals surface area (Å²) in [5.74, 6) is -0.0747. The molecule has 23 heavy (non-hydrogen) atoms. The Balaban J connectivity index is 1.83. The molecule has 1 aliphatic heterocycles. The molecule has 0 radical (unpaired) electrons. The molecule has 9 heteroatoms. The van der Waals surface area contributed by atoms with E-state index in [0.29, 0.717) is 18.8 Å². The van der Waals surface area contributed by atoms with Crippen LogP contribution < -0.4 is 4.72 Å². The third kappa shape index (κ3) is 3.30. The predicted octanol–water partition coefficient (Wildman–Crippen LogP) is -0.0321. The van der Waals surface area contributed by atoms with Crippen molar-refractivity contribution in [1.29, 1.82) is 0 Å². The molecule has 1 amide bonds. The average molecular weight is 337 g/mol. The summed E-state index contributed by atoms with van der Waals surface area (Å²) in [7, 11) is -1.46. The van der Waals surface area contributed by atoms with Gasteiger partial charge in [-0.2, -0.15) is 0 Å². The number of aryl methyl sites for hydroxylation is 1. The first-order valence-corrected chi connectivity index (χ1v) is 9.10. The van der Waals surface area contributed by atoms with E-state index in [-0.39, 0.29) is 18.5 Å². The number of imidazole rings is 1. The second-order valence-corrected chi connectivity index (χ2v) is 7.59. The minimum atomic E-state index is -3.29. The molecule has 0 aliphatic carbocycles. The fraction of sp³-hybridized carbons (Fsp3) is 0.429. The zero-order valence-electron chi connectivity index (χ0n) is 13.0. The summed E-state index contributed by atoms with van der Waals surface area (Å²) in [5.41, 5.74) is 1.49. The predicted molar refractivity (Wildman–Crippen MR) is 84.3 cm³/mol. The van der Waals surface area contributed by atoms with Gasteiger partial charge in [-0.15, -0.1) is 0 Å². The number of nitrogens with zero attached hydrogens (tertiary/aromatic N) is 4. The van der Waals surface area contributed by atoms with Crippen molar-refractivity contribution >= 4 is 15.9 Å². The lowest BCUT2D eigenvalue weighted by Crippen LogP contribution is -2.44. The summed E-state index contributed by atoms with van der Waals surface area (Å²) < 4.78 is 28.9. The van der Waals surface area contributed by atoms with Gasteiger partial charge in [-0.25, -0.2) is 18.1 Å². The maximum Gasteiger partial charge on any atom is 0.270 e. The lowest BCUT2D eigenvalue weighted by Gasteiger charge is -2.34. The van der Waals surface area contributed by atoms with Crippen LogP contribution in [-0.4, -0.2) is 52.7 Å². The normalized spacial score (nSPS) is 18.0. The molecule has 0 saturated heterocycles. The van der Waals surface area contributed by atoms with Crippen LogP contribution >= 0.6 is 0 Å². The molecule has 0 fully saturated rings. The number of fused-ring (bicyclic) bond motifs is 1. The first-order chi connectivity index (χ1) is 10.8. The van der Waals surface area contributed by atoms with Gasteiger partial charge in [0.1, 0.15) is 5.69 Å². The molecule has 1 unspecified atom stereocenters. The van der Waals surface area contributed by atoms with Gasteiger partial charge in [0.25, 0.3) is 5.91 Å². The van der Waals surface area contributed by atoms with E-state index in [1.807, 2.05) is 23.9 Å². The van der Waals surface area contributed by atoms with Crippen molar-refractivity contribution in [3.63, 3.8) is 0 Å². The van der Waals surface area contributed by atoms with Crippen LogP contribution in [0.25, 0.3) is 0 Å². The monoisotopic (exact) mass is 337 g/mol. The zero-order valence-corrected chi connectivity index (χ0v) is 13.8. The summed E-state index contributed by atoms with van der Waals surface area (Å²) in [6.45, 7) is 1.11. The van der Waals surface area contributed by atoms with Crippen LogP contribution in [0.5, 0.6) is 0 Å². The second-order valence-electron chi connectivity index (χ2n) is 5.76. The molecule has 124 valence electrons. The SMILES string of the molecule is Cn1cccc1C(=O)N1Cc2cncn2C(CNS(C)(=O)=O)C1. The maximum atomic E-state index is 12.7. The molecule has 0 bridgehead atoms. The number of carbonyl (C=O) groups excluding carboxylic acids is 1. The molecular weight excluding hydrogens is 318 g/mol. The van der Waals surface area contributed by atoms with Crippen LogP contribution in [0.1, 0.15) is 22.2 Å². The number of hydrogen-bond acceptors (Lipinski definition) is 4. The number of carbonyl (C=O) groups is 1. The van der Waals surface area contributed by atoms with Crippen molar-refractivity contribution in [2.75, 3.05) is 19.3 Å². The second kappa shape index (κ2) is 5.82. The number of nitrogens with one attached hydrogen (secondary N) is 1. The van der Waals surface area contributed by atoms with E-state index < -0.39 is 10.0 Å². The molecule has 0 aromatic carbocycles. The number of aromatic nitrogens is 3. The quantitative estimate of drug-likeness (QED) is 0.848. The molecule has 3 heterocycles. The Morgan fingerprint density at radius 3 is 2.91 bits per heavy atom. The first-order valence-electron chi connectivity index (χ1n) is 7.21. The summed E-state index contributed by atoms with van der Waals surface area (Å²) in [4.78, 5) is 18.5. The van der Waals surface area contributed by atoms with Gasteiger partial charge in [0.15, 0.2) is 0 Å². The highest BCUT2D eigenvalue weighted by atomic mass is 32.2. The van der Waals surface area contributed by atoms with E-state index >= 15 is 0 Å². The van der Waals surface area contributed by atoms with Gasteiger partial charge in [-0.05, 0) is 12.1 Å². The van der Waals surface area contributed by atoms with Crippen molar-refractivity contribution in [2.45, 2.75) is 12.6 Å². The van der Waals surface area contributed by atoms with Crippen LogP contribution in [0.3, 0.4) is 0 Å². The van der Waals surface area contributed by atoms with Crippen LogP contribution in [0.15, 0.2) is 30.9 Å². The van der Waals surface area contributed by atoms with Crippen molar-refractivity contribution < 1.29 is 13.2 Å². The summed E-state index contributed by atoms with van der Waals surface area (Å²) in [5, 5.41) is 0. The minimum absolute atomic E-state index is 0.0747. The minimum Gasteiger partial charge on any atom is -0.347 e. The molecule has 8 nitrogen and oxygen atoms in total. The molecule has 0 spiro atoms. The van der Waals surface area contributed by atoms with Gasteiger partial charge in [-0.3, -0.25) is 4.79 Å². The summed E-state index contributed by atoms with van der Waals surface area (Å²) >= 11 is 0. The zero-order chi connectivity index (χ0) is 16.6. The standard InChI is InChI=1S/C14H19N5O3S/c1-17-5-3-4-13(17)14(20)18-8-11-6-15-10-19(11)12(9-18)7-16-23(2,21)22/h3-6,10,12,16H,7-9H2,1-2H3. The fourth-order valence-electron chi connectivity index (χ4n) is 2.80. The molecule has 0 saturated carbocycles. The lowest BCUT2D eigenvalue weighted by atomic mass is 10.1. The topological polar surface area (TPSA) is 89.2 Å². The van der Waals surface area contributed by atoms with E-state index in [1.54, 1.807) is 28.1 Å². The van der Waals surface area contributed by atoms with Gasteiger partial charge in [0.05, 0.1) is 30.9 Å². The Morgan fingerprint density at radius 2 is 2.26 bits per heavy atom. The van der Waals surface area contributed by atoms with Crippen LogP contribution in [-0.2, 0) is 23.6 Å². The maximum absolute atomic E-state index is 12.7. The number of hydrogen-bond donors (Lipinski definition) is 1. The Bertz CT molecular complexity index is 823. The Labute approximate surface area is 134 Å². The number of amides is 1. The van der Waals surface area contributed by atoms with Gasteiger partial charge in [-0.1, -0.05) is 0 Å². The molecule has 3 rings (SSSR count).